The largest absolute Gasteiger partial charge is 0.504 e. The maximum Gasteiger partial charge on any atom is 0.308 e. The zero-order valence-corrected chi connectivity index (χ0v) is 24.1. The molecule has 1 N–H and O–H groups in total. The first-order valence-corrected chi connectivity index (χ1v) is 15.1. The van der Waals surface area contributed by atoms with Crippen molar-refractivity contribution in [3.63, 3.8) is 0 Å². The van der Waals surface area contributed by atoms with E-state index < -0.39 is 33.8 Å². The van der Waals surface area contributed by atoms with Crippen molar-refractivity contribution < 1.29 is 29.2 Å². The van der Waals surface area contributed by atoms with Crippen LogP contribution in [0.5, 0.6) is 11.5 Å². The molecule has 12 nitrogen and oxygen atoms in total. The van der Waals surface area contributed by atoms with Gasteiger partial charge in [-0.2, -0.15) is 0 Å². The van der Waals surface area contributed by atoms with Gasteiger partial charge in [0.15, 0.2) is 11.5 Å². The number of imide groups is 1. The summed E-state index contributed by atoms with van der Waals surface area (Å²) in [4.78, 5) is 67.9. The Morgan fingerprint density at radius 3 is 2.45 bits per heavy atom. The quantitative estimate of drug-likeness (QED) is 0.252. The third kappa shape index (κ3) is 4.64. The van der Waals surface area contributed by atoms with E-state index in [1.54, 1.807) is 17.0 Å². The van der Waals surface area contributed by atoms with Crippen LogP contribution >= 0.6 is 23.1 Å². The predicted octanol–water partition coefficient (Wildman–Crippen LogP) is 3.34. The van der Waals surface area contributed by atoms with Gasteiger partial charge in [0, 0.05) is 36.0 Å². The fourth-order valence-electron chi connectivity index (χ4n) is 5.86. The van der Waals surface area contributed by atoms with Gasteiger partial charge < -0.3 is 14.7 Å². The second-order valence-corrected chi connectivity index (χ2v) is 12.4. The van der Waals surface area contributed by atoms with Crippen LogP contribution in [0, 0.1) is 16.0 Å². The van der Waals surface area contributed by atoms with E-state index in [-0.39, 0.29) is 40.2 Å². The molecule has 0 bridgehead atoms. The van der Waals surface area contributed by atoms with Crippen LogP contribution in [0.3, 0.4) is 0 Å². The second kappa shape index (κ2) is 10.9. The summed E-state index contributed by atoms with van der Waals surface area (Å²) < 4.78 is 6.70. The molecule has 0 unspecified atom stereocenters. The highest BCUT2D eigenvalue weighted by molar-refractivity contribution is 8.00. The van der Waals surface area contributed by atoms with Crippen LogP contribution in [0.25, 0.3) is 0 Å². The number of aromatic hydroxyl groups is 1. The number of thioether (sulfide) groups is 1. The second-order valence-electron chi connectivity index (χ2n) is 10.3. The molecule has 1 aromatic heterocycles. The molecule has 3 amide bonds. The normalized spacial score (nSPS) is 21.7. The minimum absolute atomic E-state index is 0.109. The molecule has 2 fully saturated rings. The molecule has 218 valence electrons. The number of ether oxygens (including phenoxy) is 1. The number of carbonyl (C=O) groups is 3. The zero-order chi connectivity index (χ0) is 29.7. The topological polar surface area (TPSA) is 152 Å². The molecule has 6 rings (SSSR count). The van der Waals surface area contributed by atoms with E-state index in [0.29, 0.717) is 28.6 Å². The lowest BCUT2D eigenvalue weighted by Gasteiger charge is -2.31. The van der Waals surface area contributed by atoms with Gasteiger partial charge in [-0.3, -0.25) is 33.9 Å². The number of nitro benzene ring substituents is 1. The number of nitrogens with zero attached hydrogens (tertiary/aromatic N) is 4. The van der Waals surface area contributed by atoms with Crippen LogP contribution in [0.15, 0.2) is 52.3 Å². The van der Waals surface area contributed by atoms with E-state index in [9.17, 15) is 34.4 Å². The lowest BCUT2D eigenvalue weighted by Crippen LogP contribution is -2.39. The summed E-state index contributed by atoms with van der Waals surface area (Å²) in [6, 6.07) is 9.81. The molecule has 2 saturated heterocycles. The van der Waals surface area contributed by atoms with E-state index in [2.05, 4.69) is 0 Å². The van der Waals surface area contributed by atoms with Gasteiger partial charge in [0.2, 0.25) is 17.7 Å². The van der Waals surface area contributed by atoms with Crippen LogP contribution < -0.4 is 14.5 Å². The average molecular weight is 611 g/mol. The third-order valence-corrected chi connectivity index (χ3v) is 10.5. The number of phenolic OH excluding ortho intramolecular Hbond substituents is 1. The van der Waals surface area contributed by atoms with Crippen LogP contribution in [0.1, 0.15) is 35.6 Å². The molecule has 0 saturated carbocycles. The number of aromatic nitrogens is 1. The molecular weight excluding hydrogens is 584 g/mol. The molecule has 3 aliphatic heterocycles. The van der Waals surface area contributed by atoms with Crippen molar-refractivity contribution in [2.75, 3.05) is 25.1 Å². The number of thiazole rings is 1. The highest BCUT2D eigenvalue weighted by atomic mass is 32.2. The number of fused-ring (bicyclic) bond motifs is 2. The van der Waals surface area contributed by atoms with Gasteiger partial charge >= 0.3 is 4.87 Å². The van der Waals surface area contributed by atoms with Crippen LogP contribution in [0.2, 0.25) is 0 Å². The number of amides is 3. The van der Waals surface area contributed by atoms with Crippen LogP contribution in [-0.2, 0) is 20.9 Å². The van der Waals surface area contributed by atoms with Gasteiger partial charge in [-0.25, -0.2) is 4.90 Å². The molecule has 0 radical (unpaired) electrons. The Labute approximate surface area is 247 Å². The predicted molar refractivity (Wildman–Crippen MR) is 154 cm³/mol. The summed E-state index contributed by atoms with van der Waals surface area (Å²) in [5, 5.41) is 20.9. The highest BCUT2D eigenvalue weighted by Gasteiger charge is 2.57. The number of phenols is 1. The van der Waals surface area contributed by atoms with Gasteiger partial charge in [0.05, 0.1) is 28.7 Å². The summed E-state index contributed by atoms with van der Waals surface area (Å²) >= 11 is 2.03. The molecule has 0 spiro atoms. The molecule has 4 heterocycles. The standard InChI is InChI=1S/C28H26N4O8S2/c1-40-19-13-15(5-10-18(19)33)21-22-23(26(36)31(25(22)35)16-6-8-17(9-7-16)32(38)39)41-27-24(21)42-28(37)30(27)14-20(34)29-11-3-2-4-12-29/h5-10,13,21-23,33H,2-4,11-12,14H2,1H3/t21-,22+,23-/m0/s1. The van der Waals surface area contributed by atoms with Crippen molar-refractivity contribution in [1.82, 2.24) is 9.47 Å². The molecular formula is C28H26N4O8S2. The number of nitro groups is 1. The number of carbonyl (C=O) groups excluding carboxylic acids is 3. The molecule has 3 atom stereocenters. The number of rotatable bonds is 6. The molecule has 3 aliphatic rings. The molecule has 3 aromatic rings. The van der Waals surface area contributed by atoms with Crippen molar-refractivity contribution in [3.8, 4) is 11.5 Å². The highest BCUT2D eigenvalue weighted by Crippen LogP contribution is 2.54. The van der Waals surface area contributed by atoms with Crippen molar-refractivity contribution in [2.45, 2.75) is 42.0 Å². The lowest BCUT2D eigenvalue weighted by atomic mass is 9.83. The maximum atomic E-state index is 14.0. The monoisotopic (exact) mass is 610 g/mol. The average Bonchev–Trinajstić information content (AvgIpc) is 3.44. The van der Waals surface area contributed by atoms with Crippen molar-refractivity contribution in [1.29, 1.82) is 0 Å². The minimum atomic E-state index is -0.921. The first-order chi connectivity index (χ1) is 20.2. The van der Waals surface area contributed by atoms with Crippen molar-refractivity contribution in [3.05, 3.63) is 72.7 Å². The third-order valence-electron chi connectivity index (χ3n) is 7.93. The van der Waals surface area contributed by atoms with Crippen LogP contribution in [-0.4, -0.2) is 62.7 Å². The van der Waals surface area contributed by atoms with Gasteiger partial charge in [-0.05, 0) is 49.1 Å². The lowest BCUT2D eigenvalue weighted by molar-refractivity contribution is -0.384. The number of hydrogen-bond acceptors (Lipinski definition) is 10. The molecule has 0 aliphatic carbocycles. The first-order valence-electron chi connectivity index (χ1n) is 13.4. The number of methoxy groups -OCH3 is 1. The van der Waals surface area contributed by atoms with E-state index in [4.69, 9.17) is 4.74 Å². The summed E-state index contributed by atoms with van der Waals surface area (Å²) in [5.41, 5.74) is 0.584. The Bertz CT molecular complexity index is 1660. The number of likely N-dealkylation sites (tertiary alicyclic amines) is 1. The number of anilines is 1. The van der Waals surface area contributed by atoms with Gasteiger partial charge in [0.1, 0.15) is 11.8 Å². The van der Waals surface area contributed by atoms with Crippen LogP contribution in [0.4, 0.5) is 11.4 Å². The van der Waals surface area contributed by atoms with Gasteiger partial charge in [-0.1, -0.05) is 29.2 Å². The number of benzene rings is 2. The number of hydrogen-bond donors (Lipinski definition) is 1. The zero-order valence-electron chi connectivity index (χ0n) is 22.4. The fraction of sp³-hybridized carbons (Fsp3) is 0.357. The Hall–Kier alpha value is -4.17. The van der Waals surface area contributed by atoms with E-state index >= 15 is 0 Å². The number of piperidine rings is 1. The Morgan fingerprint density at radius 1 is 1.07 bits per heavy atom. The van der Waals surface area contributed by atoms with E-state index in [1.807, 2.05) is 0 Å². The Kier molecular flexibility index (Phi) is 7.27. The van der Waals surface area contributed by atoms with E-state index in [1.165, 1.54) is 42.0 Å². The Morgan fingerprint density at radius 2 is 1.79 bits per heavy atom. The van der Waals surface area contributed by atoms with Gasteiger partial charge in [-0.15, -0.1) is 0 Å². The summed E-state index contributed by atoms with van der Waals surface area (Å²) in [6.45, 7) is 1.09. The summed E-state index contributed by atoms with van der Waals surface area (Å²) in [5.74, 6) is -2.80. The SMILES string of the molecule is COc1cc([C@@H]2c3sc(=O)n(CC(=O)N4CCCCC4)c3S[C@@H]3C(=O)N(c4ccc([N+](=O)[O-])cc4)C(=O)[C@H]23)ccc1O. The fourth-order valence-corrected chi connectivity index (χ4v) is 8.63. The first kappa shape index (κ1) is 28.0. The number of non-ortho nitro benzene ring substituents is 1. The van der Waals surface area contributed by atoms with Gasteiger partial charge in [0.25, 0.3) is 5.69 Å². The smallest absolute Gasteiger partial charge is 0.308 e. The van der Waals surface area contributed by atoms with Crippen molar-refractivity contribution >= 4 is 52.2 Å². The minimum Gasteiger partial charge on any atom is -0.504 e. The molecule has 2 aromatic carbocycles. The van der Waals surface area contributed by atoms with Crippen molar-refractivity contribution in [2.24, 2.45) is 5.92 Å². The molecule has 14 heteroatoms. The van der Waals surface area contributed by atoms with E-state index in [0.717, 1.165) is 47.3 Å². The molecule has 42 heavy (non-hydrogen) atoms. The Balaban J connectivity index is 1.44. The summed E-state index contributed by atoms with van der Waals surface area (Å²) in [7, 11) is 1.39. The summed E-state index contributed by atoms with van der Waals surface area (Å²) in [6.07, 6.45) is 2.86. The maximum absolute atomic E-state index is 14.0.